The molecule has 1 aromatic heterocycles. The van der Waals surface area contributed by atoms with Crippen LogP contribution in [-0.2, 0) is 4.79 Å². The van der Waals surface area contributed by atoms with Gasteiger partial charge in [-0.15, -0.1) is 11.8 Å². The van der Waals surface area contributed by atoms with Crippen LogP contribution < -0.4 is 5.32 Å². The van der Waals surface area contributed by atoms with Crippen LogP contribution in [0.3, 0.4) is 0 Å². The summed E-state index contributed by atoms with van der Waals surface area (Å²) in [6.45, 7) is 9.71. The van der Waals surface area contributed by atoms with E-state index >= 15 is 0 Å². The van der Waals surface area contributed by atoms with Gasteiger partial charge in [-0.2, -0.15) is 0 Å². The predicted octanol–water partition coefficient (Wildman–Crippen LogP) is 2.57. The lowest BCUT2D eigenvalue weighted by Crippen LogP contribution is -2.50. The largest absolute Gasteiger partial charge is 0.466 e. The number of nitrogens with zero attached hydrogens (tertiary/aromatic N) is 1. The second-order valence-electron chi connectivity index (χ2n) is 6.16. The molecule has 2 atom stereocenters. The molecule has 1 aliphatic rings. The average Bonchev–Trinajstić information content (AvgIpc) is 3.04. The normalized spacial score (nSPS) is 19.5. The Labute approximate surface area is 135 Å². The van der Waals surface area contributed by atoms with Crippen LogP contribution in [0.5, 0.6) is 0 Å². The molecule has 122 valence electrons. The van der Waals surface area contributed by atoms with Gasteiger partial charge in [0.2, 0.25) is 5.91 Å². The summed E-state index contributed by atoms with van der Waals surface area (Å²) in [7, 11) is 0. The van der Waals surface area contributed by atoms with E-state index in [0.29, 0.717) is 34.6 Å². The smallest absolute Gasteiger partial charge is 0.258 e. The van der Waals surface area contributed by atoms with Crippen LogP contribution in [0.15, 0.2) is 10.5 Å². The molecule has 1 N–H and O–H groups in total. The van der Waals surface area contributed by atoms with E-state index in [1.165, 1.54) is 0 Å². The van der Waals surface area contributed by atoms with E-state index in [4.69, 9.17) is 4.42 Å². The second-order valence-corrected chi connectivity index (χ2v) is 7.16. The van der Waals surface area contributed by atoms with Crippen molar-refractivity contribution >= 4 is 23.6 Å². The maximum atomic E-state index is 12.7. The average molecular weight is 324 g/mol. The Kier molecular flexibility index (Phi) is 5.21. The number of furan rings is 1. The monoisotopic (exact) mass is 324 g/mol. The van der Waals surface area contributed by atoms with Gasteiger partial charge >= 0.3 is 0 Å². The van der Waals surface area contributed by atoms with Crippen LogP contribution in [0.1, 0.15) is 42.6 Å². The number of hydrogen-bond donors (Lipinski definition) is 1. The molecule has 1 aromatic rings. The highest BCUT2D eigenvalue weighted by molar-refractivity contribution is 7.99. The van der Waals surface area contributed by atoms with Gasteiger partial charge in [-0.1, -0.05) is 13.8 Å². The zero-order valence-electron chi connectivity index (χ0n) is 13.8. The fourth-order valence-corrected chi connectivity index (χ4v) is 3.50. The highest BCUT2D eigenvalue weighted by Crippen LogP contribution is 2.25. The van der Waals surface area contributed by atoms with Gasteiger partial charge in [0.05, 0.1) is 11.4 Å². The molecule has 1 aliphatic heterocycles. The van der Waals surface area contributed by atoms with Gasteiger partial charge in [-0.3, -0.25) is 9.59 Å². The Hall–Kier alpha value is -1.43. The molecule has 0 aromatic carbocycles. The van der Waals surface area contributed by atoms with Crippen LogP contribution in [0.2, 0.25) is 0 Å². The standard InChI is InChI=1S/C16H24N2O3S/c1-9(2)11(4)17-15(19)14-7-22-8-18(14)16(20)13-6-10(3)21-12(13)5/h6,9,11,14H,7-8H2,1-5H3,(H,17,19)/t11-,14+/m1/s1. The highest BCUT2D eigenvalue weighted by atomic mass is 32.2. The Morgan fingerprint density at radius 2 is 2.05 bits per heavy atom. The van der Waals surface area contributed by atoms with E-state index in [9.17, 15) is 9.59 Å². The summed E-state index contributed by atoms with van der Waals surface area (Å²) in [5.74, 6) is 2.65. The summed E-state index contributed by atoms with van der Waals surface area (Å²) in [6, 6.07) is 1.42. The Balaban J connectivity index is 2.12. The summed E-state index contributed by atoms with van der Waals surface area (Å²) in [6.07, 6.45) is 0. The number of aryl methyl sites for hydroxylation is 2. The number of rotatable bonds is 4. The van der Waals surface area contributed by atoms with Crippen molar-refractivity contribution < 1.29 is 14.0 Å². The second kappa shape index (κ2) is 6.77. The molecule has 0 radical (unpaired) electrons. The lowest BCUT2D eigenvalue weighted by Gasteiger charge is -2.25. The molecule has 2 rings (SSSR count). The van der Waals surface area contributed by atoms with Crippen molar-refractivity contribution in [2.75, 3.05) is 11.6 Å². The van der Waals surface area contributed by atoms with Crippen molar-refractivity contribution in [3.63, 3.8) is 0 Å². The fourth-order valence-electron chi connectivity index (χ4n) is 2.35. The van der Waals surface area contributed by atoms with E-state index in [2.05, 4.69) is 19.2 Å². The molecule has 2 heterocycles. The summed E-state index contributed by atoms with van der Waals surface area (Å²) in [4.78, 5) is 26.8. The summed E-state index contributed by atoms with van der Waals surface area (Å²) in [5, 5.41) is 3.01. The summed E-state index contributed by atoms with van der Waals surface area (Å²) in [5.41, 5.74) is 0.551. The maximum Gasteiger partial charge on any atom is 0.258 e. The van der Waals surface area contributed by atoms with Gasteiger partial charge in [0.25, 0.3) is 5.91 Å². The molecule has 0 aliphatic carbocycles. The predicted molar refractivity (Wildman–Crippen MR) is 87.9 cm³/mol. The molecule has 1 fully saturated rings. The minimum Gasteiger partial charge on any atom is -0.466 e. The van der Waals surface area contributed by atoms with E-state index < -0.39 is 6.04 Å². The lowest BCUT2D eigenvalue weighted by atomic mass is 10.1. The summed E-state index contributed by atoms with van der Waals surface area (Å²) >= 11 is 1.60. The van der Waals surface area contributed by atoms with E-state index in [0.717, 1.165) is 0 Å². The molecule has 0 bridgehead atoms. The van der Waals surface area contributed by atoms with Gasteiger partial charge in [-0.05, 0) is 32.8 Å². The molecule has 22 heavy (non-hydrogen) atoms. The number of carbonyl (C=O) groups excluding carboxylic acids is 2. The van der Waals surface area contributed by atoms with Crippen LogP contribution >= 0.6 is 11.8 Å². The third kappa shape index (κ3) is 3.48. The van der Waals surface area contributed by atoms with Crippen molar-refractivity contribution in [2.24, 2.45) is 5.92 Å². The minimum atomic E-state index is -0.409. The van der Waals surface area contributed by atoms with Crippen molar-refractivity contribution in [1.29, 1.82) is 0 Å². The van der Waals surface area contributed by atoms with Gasteiger partial charge < -0.3 is 14.6 Å². The molecule has 0 saturated carbocycles. The van der Waals surface area contributed by atoms with Crippen molar-refractivity contribution in [3.05, 3.63) is 23.2 Å². The molecular formula is C16H24N2O3S. The molecule has 6 heteroatoms. The van der Waals surface area contributed by atoms with E-state index in [1.807, 2.05) is 13.8 Å². The van der Waals surface area contributed by atoms with Crippen LogP contribution in [0, 0.1) is 19.8 Å². The molecule has 0 spiro atoms. The van der Waals surface area contributed by atoms with E-state index in [-0.39, 0.29) is 17.9 Å². The summed E-state index contributed by atoms with van der Waals surface area (Å²) < 4.78 is 5.43. The number of hydrogen-bond acceptors (Lipinski definition) is 4. The first-order chi connectivity index (χ1) is 10.3. The van der Waals surface area contributed by atoms with Crippen molar-refractivity contribution in [1.82, 2.24) is 10.2 Å². The molecule has 1 saturated heterocycles. The first kappa shape index (κ1) is 16.9. The Morgan fingerprint density at radius 3 is 2.59 bits per heavy atom. The number of nitrogens with one attached hydrogen (secondary N) is 1. The topological polar surface area (TPSA) is 62.6 Å². The van der Waals surface area contributed by atoms with E-state index in [1.54, 1.807) is 29.7 Å². The lowest BCUT2D eigenvalue weighted by molar-refractivity contribution is -0.125. The van der Waals surface area contributed by atoms with Gasteiger partial charge in [0, 0.05) is 11.8 Å². The maximum absolute atomic E-state index is 12.7. The number of amides is 2. The van der Waals surface area contributed by atoms with Crippen molar-refractivity contribution in [3.8, 4) is 0 Å². The molecular weight excluding hydrogens is 300 g/mol. The third-order valence-corrected chi connectivity index (χ3v) is 5.10. The fraction of sp³-hybridized carbons (Fsp3) is 0.625. The molecule has 5 nitrogen and oxygen atoms in total. The van der Waals surface area contributed by atoms with Gasteiger partial charge in [-0.25, -0.2) is 0 Å². The van der Waals surface area contributed by atoms with Gasteiger partial charge in [0.1, 0.15) is 17.6 Å². The Morgan fingerprint density at radius 1 is 1.36 bits per heavy atom. The quantitative estimate of drug-likeness (QED) is 0.924. The first-order valence-electron chi connectivity index (χ1n) is 7.57. The van der Waals surface area contributed by atoms with Crippen LogP contribution in [0.4, 0.5) is 0 Å². The molecule has 0 unspecified atom stereocenters. The number of thioether (sulfide) groups is 1. The zero-order chi connectivity index (χ0) is 16.4. The minimum absolute atomic E-state index is 0.0718. The van der Waals surface area contributed by atoms with Crippen molar-refractivity contribution in [2.45, 2.75) is 46.7 Å². The zero-order valence-corrected chi connectivity index (χ0v) is 14.6. The van der Waals surface area contributed by atoms with Gasteiger partial charge in [0.15, 0.2) is 0 Å². The molecule has 2 amide bonds. The van der Waals surface area contributed by atoms with Crippen LogP contribution in [-0.4, -0.2) is 40.4 Å². The first-order valence-corrected chi connectivity index (χ1v) is 8.72. The van der Waals surface area contributed by atoms with Crippen LogP contribution in [0.25, 0.3) is 0 Å². The highest BCUT2D eigenvalue weighted by Gasteiger charge is 2.36. The number of carbonyl (C=O) groups is 2. The SMILES string of the molecule is Cc1cc(C(=O)N2CSC[C@H]2C(=O)N[C@H](C)C(C)C)c(C)o1. The Bertz CT molecular complexity index is 568. The third-order valence-electron chi connectivity index (χ3n) is 4.09.